The number of alkyl halides is 1. The van der Waals surface area contributed by atoms with Crippen LogP contribution in [0.2, 0.25) is 0 Å². The predicted octanol–water partition coefficient (Wildman–Crippen LogP) is 2.28. The van der Waals surface area contributed by atoms with Crippen molar-refractivity contribution in [1.82, 2.24) is 0 Å². The van der Waals surface area contributed by atoms with Gasteiger partial charge in [0, 0.05) is 12.3 Å². The summed E-state index contributed by atoms with van der Waals surface area (Å²) in [5, 5.41) is 10.1. The normalized spacial score (nSPS) is 51.5. The number of rotatable bonds is 0. The zero-order valence-electron chi connectivity index (χ0n) is 8.05. The van der Waals surface area contributed by atoms with Crippen molar-refractivity contribution in [2.24, 2.45) is 5.92 Å². The van der Waals surface area contributed by atoms with Crippen molar-refractivity contribution in [3.8, 4) is 0 Å². The van der Waals surface area contributed by atoms with Crippen LogP contribution in [0.1, 0.15) is 39.0 Å². The molecule has 3 heteroatoms. The van der Waals surface area contributed by atoms with Gasteiger partial charge < -0.3 is 9.84 Å². The molecule has 0 amide bonds. The monoisotopic (exact) mass is 204 g/mol. The summed E-state index contributed by atoms with van der Waals surface area (Å²) < 4.78 is 5.51. The van der Waals surface area contributed by atoms with E-state index in [9.17, 15) is 5.11 Å². The van der Waals surface area contributed by atoms with Crippen LogP contribution in [-0.2, 0) is 4.74 Å². The van der Waals surface area contributed by atoms with Gasteiger partial charge >= 0.3 is 0 Å². The Morgan fingerprint density at radius 1 is 1.46 bits per heavy atom. The van der Waals surface area contributed by atoms with Crippen LogP contribution in [0.25, 0.3) is 0 Å². The van der Waals surface area contributed by atoms with Crippen molar-refractivity contribution >= 4 is 11.6 Å². The molecule has 0 spiro atoms. The van der Waals surface area contributed by atoms with Crippen molar-refractivity contribution in [3.63, 3.8) is 0 Å². The van der Waals surface area contributed by atoms with E-state index in [-0.39, 0.29) is 10.8 Å². The molecule has 76 valence electrons. The van der Waals surface area contributed by atoms with Crippen molar-refractivity contribution in [2.45, 2.75) is 49.7 Å². The highest BCUT2D eigenvalue weighted by molar-refractivity contribution is 6.23. The van der Waals surface area contributed by atoms with Crippen LogP contribution in [0.4, 0.5) is 0 Å². The standard InChI is InChI=1S/C10H17ClO2/c1-9(11)6-8-4-2-3-5-10(8,12)13-7-9/h8,12H,2-7H2,1H3. The highest BCUT2D eigenvalue weighted by Gasteiger charge is 2.47. The molecule has 0 bridgehead atoms. The third-order valence-electron chi connectivity index (χ3n) is 3.27. The molecule has 2 nitrogen and oxygen atoms in total. The summed E-state index contributed by atoms with van der Waals surface area (Å²) in [5.41, 5.74) is 0. The van der Waals surface area contributed by atoms with Crippen LogP contribution in [0.15, 0.2) is 0 Å². The zero-order chi connectivity index (χ0) is 9.53. The molecule has 0 aromatic heterocycles. The van der Waals surface area contributed by atoms with Crippen LogP contribution < -0.4 is 0 Å². The lowest BCUT2D eigenvalue weighted by Gasteiger charge is -2.47. The summed E-state index contributed by atoms with van der Waals surface area (Å²) in [6, 6.07) is 0. The summed E-state index contributed by atoms with van der Waals surface area (Å²) in [5.74, 6) is -0.607. The predicted molar refractivity (Wildman–Crippen MR) is 51.7 cm³/mol. The van der Waals surface area contributed by atoms with Gasteiger partial charge in [-0.3, -0.25) is 0 Å². The third-order valence-corrected chi connectivity index (χ3v) is 3.53. The number of hydrogen-bond acceptors (Lipinski definition) is 2. The van der Waals surface area contributed by atoms with Gasteiger partial charge in [0.05, 0.1) is 11.5 Å². The SMILES string of the molecule is CC1(Cl)COC2(O)CCCCC2C1. The van der Waals surface area contributed by atoms with E-state index < -0.39 is 5.79 Å². The van der Waals surface area contributed by atoms with Crippen molar-refractivity contribution in [1.29, 1.82) is 0 Å². The van der Waals surface area contributed by atoms with E-state index >= 15 is 0 Å². The number of halogens is 1. The molecule has 2 fully saturated rings. The van der Waals surface area contributed by atoms with E-state index in [1.807, 2.05) is 6.92 Å². The molecule has 1 saturated carbocycles. The van der Waals surface area contributed by atoms with Gasteiger partial charge in [0.15, 0.2) is 5.79 Å². The fourth-order valence-electron chi connectivity index (χ4n) is 2.50. The first kappa shape index (κ1) is 9.75. The number of fused-ring (bicyclic) bond motifs is 1. The second-order valence-electron chi connectivity index (χ2n) is 4.69. The lowest BCUT2D eigenvalue weighted by atomic mass is 9.76. The average Bonchev–Trinajstić information content (AvgIpc) is 2.05. The molecule has 1 N–H and O–H groups in total. The molecule has 1 aliphatic heterocycles. The van der Waals surface area contributed by atoms with Gasteiger partial charge in [-0.2, -0.15) is 0 Å². The minimum absolute atomic E-state index is 0.248. The highest BCUT2D eigenvalue weighted by atomic mass is 35.5. The van der Waals surface area contributed by atoms with Gasteiger partial charge in [0.25, 0.3) is 0 Å². The first-order chi connectivity index (χ1) is 6.02. The van der Waals surface area contributed by atoms with E-state index in [0.717, 1.165) is 25.7 Å². The fraction of sp³-hybridized carbons (Fsp3) is 1.00. The van der Waals surface area contributed by atoms with Crippen LogP contribution in [0.3, 0.4) is 0 Å². The highest BCUT2D eigenvalue weighted by Crippen LogP contribution is 2.45. The lowest BCUT2D eigenvalue weighted by molar-refractivity contribution is -0.276. The van der Waals surface area contributed by atoms with Crippen LogP contribution in [0.5, 0.6) is 0 Å². The Balaban J connectivity index is 2.10. The Labute approximate surface area is 84.2 Å². The van der Waals surface area contributed by atoms with E-state index in [4.69, 9.17) is 16.3 Å². The minimum atomic E-state index is -0.855. The molecule has 1 heterocycles. The zero-order valence-corrected chi connectivity index (χ0v) is 8.81. The largest absolute Gasteiger partial charge is 0.365 e. The molecule has 1 aliphatic carbocycles. The van der Waals surface area contributed by atoms with Crippen molar-refractivity contribution < 1.29 is 9.84 Å². The van der Waals surface area contributed by atoms with Crippen LogP contribution >= 0.6 is 11.6 Å². The minimum Gasteiger partial charge on any atom is -0.365 e. The molecule has 0 aromatic carbocycles. The molecule has 0 aromatic rings. The van der Waals surface area contributed by atoms with E-state index in [1.54, 1.807) is 0 Å². The van der Waals surface area contributed by atoms with Crippen LogP contribution in [-0.4, -0.2) is 22.4 Å². The Hall–Kier alpha value is 0.210. The smallest absolute Gasteiger partial charge is 0.168 e. The number of aliphatic hydroxyl groups is 1. The molecular formula is C10H17ClO2. The van der Waals surface area contributed by atoms with Gasteiger partial charge in [-0.25, -0.2) is 0 Å². The molecule has 2 rings (SSSR count). The Morgan fingerprint density at radius 3 is 3.00 bits per heavy atom. The van der Waals surface area contributed by atoms with E-state index in [1.165, 1.54) is 6.42 Å². The summed E-state index contributed by atoms with van der Waals surface area (Å²) in [6.07, 6.45) is 4.99. The van der Waals surface area contributed by atoms with Gasteiger partial charge in [0.2, 0.25) is 0 Å². The maximum absolute atomic E-state index is 10.1. The first-order valence-corrected chi connectivity index (χ1v) is 5.45. The molecule has 3 atom stereocenters. The van der Waals surface area contributed by atoms with Gasteiger partial charge in [-0.15, -0.1) is 11.6 Å². The Bertz CT molecular complexity index is 205. The molecular weight excluding hydrogens is 188 g/mol. The van der Waals surface area contributed by atoms with Gasteiger partial charge in [0.1, 0.15) is 0 Å². The van der Waals surface area contributed by atoms with E-state index in [0.29, 0.717) is 6.61 Å². The van der Waals surface area contributed by atoms with Gasteiger partial charge in [-0.1, -0.05) is 6.42 Å². The third kappa shape index (κ3) is 1.85. The first-order valence-electron chi connectivity index (χ1n) is 5.07. The average molecular weight is 205 g/mol. The number of hydrogen-bond donors (Lipinski definition) is 1. The maximum Gasteiger partial charge on any atom is 0.168 e. The lowest BCUT2D eigenvalue weighted by Crippen LogP contribution is -2.52. The molecule has 2 aliphatic rings. The quantitative estimate of drug-likeness (QED) is 0.614. The molecule has 1 saturated heterocycles. The van der Waals surface area contributed by atoms with Crippen molar-refractivity contribution in [2.75, 3.05) is 6.61 Å². The topological polar surface area (TPSA) is 29.5 Å². The Morgan fingerprint density at radius 2 is 2.23 bits per heavy atom. The summed E-state index contributed by atoms with van der Waals surface area (Å²) in [6.45, 7) is 2.46. The summed E-state index contributed by atoms with van der Waals surface area (Å²) in [4.78, 5) is -0.270. The number of ether oxygens (including phenoxy) is 1. The maximum atomic E-state index is 10.1. The molecule has 13 heavy (non-hydrogen) atoms. The van der Waals surface area contributed by atoms with Gasteiger partial charge in [-0.05, 0) is 26.2 Å². The summed E-state index contributed by atoms with van der Waals surface area (Å²) >= 11 is 6.22. The van der Waals surface area contributed by atoms with E-state index in [2.05, 4.69) is 0 Å². The molecule has 3 unspecified atom stereocenters. The fourth-order valence-corrected chi connectivity index (χ4v) is 2.74. The van der Waals surface area contributed by atoms with Crippen LogP contribution in [0, 0.1) is 5.92 Å². The second-order valence-corrected chi connectivity index (χ2v) is 5.61. The second kappa shape index (κ2) is 3.11. The Kier molecular flexibility index (Phi) is 2.33. The molecule has 0 radical (unpaired) electrons. The summed E-state index contributed by atoms with van der Waals surface area (Å²) in [7, 11) is 0. The van der Waals surface area contributed by atoms with Crippen molar-refractivity contribution in [3.05, 3.63) is 0 Å².